The van der Waals surface area contributed by atoms with Gasteiger partial charge < -0.3 is 9.88 Å². The third-order valence-electron chi connectivity index (χ3n) is 4.27. The van der Waals surface area contributed by atoms with Crippen LogP contribution in [-0.4, -0.2) is 33.7 Å². The summed E-state index contributed by atoms with van der Waals surface area (Å²) in [6.45, 7) is 0.785. The number of aryl methyl sites for hydroxylation is 1. The van der Waals surface area contributed by atoms with Gasteiger partial charge in [0.1, 0.15) is 17.2 Å². The van der Waals surface area contributed by atoms with Crippen LogP contribution in [0.2, 0.25) is 0 Å². The van der Waals surface area contributed by atoms with Crippen molar-refractivity contribution in [3.63, 3.8) is 0 Å². The second-order valence-electron chi connectivity index (χ2n) is 6.00. The third kappa shape index (κ3) is 2.69. The number of benzene rings is 1. The Labute approximate surface area is 142 Å². The lowest BCUT2D eigenvalue weighted by Gasteiger charge is -2.22. The molecule has 0 radical (unpaired) electrons. The first-order valence-electron chi connectivity index (χ1n) is 7.48. The van der Waals surface area contributed by atoms with Gasteiger partial charge in [-0.25, -0.2) is 13.6 Å². The van der Waals surface area contributed by atoms with E-state index in [9.17, 15) is 23.2 Å². The summed E-state index contributed by atoms with van der Waals surface area (Å²) >= 11 is 0. The number of amides is 3. The van der Waals surface area contributed by atoms with Crippen LogP contribution in [0.1, 0.15) is 23.0 Å². The molecule has 2 heterocycles. The van der Waals surface area contributed by atoms with E-state index in [4.69, 9.17) is 0 Å². The smallest absolute Gasteiger partial charge is 0.325 e. The normalized spacial score (nSPS) is 20.1. The van der Waals surface area contributed by atoms with E-state index in [-0.39, 0.29) is 5.56 Å². The zero-order valence-electron chi connectivity index (χ0n) is 13.5. The minimum absolute atomic E-state index is 0.292. The van der Waals surface area contributed by atoms with Crippen LogP contribution in [0.3, 0.4) is 0 Å². The fourth-order valence-electron chi connectivity index (χ4n) is 2.88. The van der Waals surface area contributed by atoms with Gasteiger partial charge in [0.05, 0.1) is 12.2 Å². The van der Waals surface area contributed by atoms with Crippen molar-refractivity contribution in [2.24, 2.45) is 7.05 Å². The second kappa shape index (κ2) is 5.80. The molecule has 0 spiro atoms. The van der Waals surface area contributed by atoms with E-state index < -0.39 is 41.4 Å². The summed E-state index contributed by atoms with van der Waals surface area (Å²) in [6, 6.07) is 5.04. The molecule has 0 saturated carbocycles. The highest BCUT2D eigenvalue weighted by Crippen LogP contribution is 2.31. The third-order valence-corrected chi connectivity index (χ3v) is 4.27. The number of halogens is 2. The molecule has 6 nitrogen and oxygen atoms in total. The maximum absolute atomic E-state index is 14.1. The van der Waals surface area contributed by atoms with Gasteiger partial charge >= 0.3 is 6.03 Å². The molecule has 1 aromatic heterocycles. The minimum Gasteiger partial charge on any atom is -0.348 e. The van der Waals surface area contributed by atoms with Gasteiger partial charge in [-0.1, -0.05) is 0 Å². The van der Waals surface area contributed by atoms with Crippen molar-refractivity contribution in [2.75, 3.05) is 6.54 Å². The number of Topliss-reactive ketones (excluding diaryl/α,β-unsaturated/α-hetero) is 1. The number of nitrogens with one attached hydrogen (secondary N) is 1. The number of rotatable bonds is 4. The molecule has 1 aromatic carbocycles. The van der Waals surface area contributed by atoms with Crippen molar-refractivity contribution < 1.29 is 23.2 Å². The lowest BCUT2D eigenvalue weighted by Crippen LogP contribution is -2.42. The molecule has 1 fully saturated rings. The van der Waals surface area contributed by atoms with Crippen molar-refractivity contribution in [3.05, 3.63) is 59.4 Å². The molecule has 8 heteroatoms. The number of aromatic nitrogens is 1. The Morgan fingerprint density at radius 1 is 1.24 bits per heavy atom. The van der Waals surface area contributed by atoms with E-state index in [0.29, 0.717) is 10.6 Å². The Kier molecular flexibility index (Phi) is 3.90. The fraction of sp³-hybridized carbons (Fsp3) is 0.235. The summed E-state index contributed by atoms with van der Waals surface area (Å²) in [5.74, 6) is -2.82. The molecule has 0 aliphatic carbocycles. The van der Waals surface area contributed by atoms with E-state index in [1.165, 1.54) is 6.92 Å². The van der Waals surface area contributed by atoms with Gasteiger partial charge in [-0.15, -0.1) is 0 Å². The highest BCUT2D eigenvalue weighted by atomic mass is 19.1. The SMILES string of the molecule is Cn1cccc1C(=O)CN1C(=O)N[C@@](C)(c2cc(F)ccc2F)C1=O. The van der Waals surface area contributed by atoms with E-state index in [0.717, 1.165) is 18.2 Å². The Morgan fingerprint density at radius 3 is 2.60 bits per heavy atom. The highest BCUT2D eigenvalue weighted by molar-refractivity contribution is 6.11. The number of hydrogen-bond donors (Lipinski definition) is 1. The van der Waals surface area contributed by atoms with Crippen molar-refractivity contribution >= 4 is 17.7 Å². The quantitative estimate of drug-likeness (QED) is 0.679. The van der Waals surface area contributed by atoms with E-state index in [2.05, 4.69) is 5.32 Å². The molecule has 1 N–H and O–H groups in total. The molecule has 130 valence electrons. The summed E-state index contributed by atoms with van der Waals surface area (Å²) in [5.41, 5.74) is -1.75. The molecule has 3 rings (SSSR count). The standard InChI is InChI=1S/C17H15F2N3O3/c1-17(11-8-10(18)5-6-12(11)19)15(24)22(16(25)20-17)9-14(23)13-4-3-7-21(13)2/h3-8H,9H2,1-2H3,(H,20,25)/t17-/m0/s1. The molecule has 1 saturated heterocycles. The maximum Gasteiger partial charge on any atom is 0.325 e. The summed E-state index contributed by atoms with van der Waals surface area (Å²) in [6.07, 6.45) is 1.66. The van der Waals surface area contributed by atoms with Crippen molar-refractivity contribution in [1.29, 1.82) is 0 Å². The zero-order chi connectivity index (χ0) is 18.4. The number of nitrogens with zero attached hydrogens (tertiary/aromatic N) is 2. The van der Waals surface area contributed by atoms with Crippen LogP contribution in [0.4, 0.5) is 13.6 Å². The first kappa shape index (κ1) is 16.8. The molecule has 0 bridgehead atoms. The first-order chi connectivity index (χ1) is 11.7. The largest absolute Gasteiger partial charge is 0.348 e. The van der Waals surface area contributed by atoms with Crippen LogP contribution in [0.15, 0.2) is 36.5 Å². The van der Waals surface area contributed by atoms with Gasteiger partial charge in [-0.3, -0.25) is 14.5 Å². The predicted molar refractivity (Wildman–Crippen MR) is 83.7 cm³/mol. The van der Waals surface area contributed by atoms with Gasteiger partial charge in [0, 0.05) is 18.8 Å². The molecular formula is C17H15F2N3O3. The number of urea groups is 1. The lowest BCUT2D eigenvalue weighted by atomic mass is 9.91. The average Bonchev–Trinajstić information content (AvgIpc) is 3.07. The van der Waals surface area contributed by atoms with Crippen molar-refractivity contribution in [2.45, 2.75) is 12.5 Å². The number of hydrogen-bond acceptors (Lipinski definition) is 3. The summed E-state index contributed by atoms with van der Waals surface area (Å²) < 4.78 is 29.1. The van der Waals surface area contributed by atoms with Gasteiger partial charge in [0.2, 0.25) is 0 Å². The number of carbonyl (C=O) groups excluding carboxylic acids is 3. The maximum atomic E-state index is 14.1. The second-order valence-corrected chi connectivity index (χ2v) is 6.00. The molecule has 1 aliphatic heterocycles. The van der Waals surface area contributed by atoms with Gasteiger partial charge in [0.25, 0.3) is 5.91 Å². The van der Waals surface area contributed by atoms with Crippen LogP contribution >= 0.6 is 0 Å². The highest BCUT2D eigenvalue weighted by Gasteiger charge is 2.50. The summed E-state index contributed by atoms with van der Waals surface area (Å²) in [7, 11) is 1.66. The van der Waals surface area contributed by atoms with Crippen molar-refractivity contribution in [1.82, 2.24) is 14.8 Å². The van der Waals surface area contributed by atoms with Crippen LogP contribution < -0.4 is 5.32 Å². The molecular weight excluding hydrogens is 332 g/mol. The van der Waals surface area contributed by atoms with Crippen LogP contribution in [0, 0.1) is 11.6 Å². The monoisotopic (exact) mass is 347 g/mol. The molecule has 0 unspecified atom stereocenters. The van der Waals surface area contributed by atoms with E-state index in [1.54, 1.807) is 29.9 Å². The van der Waals surface area contributed by atoms with Gasteiger partial charge in [-0.05, 0) is 37.3 Å². The number of ketones is 1. The van der Waals surface area contributed by atoms with E-state index in [1.807, 2.05) is 0 Å². The molecule has 25 heavy (non-hydrogen) atoms. The Hall–Kier alpha value is -3.03. The summed E-state index contributed by atoms with van der Waals surface area (Å²) in [4.78, 5) is 37.9. The minimum atomic E-state index is -1.78. The van der Waals surface area contributed by atoms with Crippen molar-refractivity contribution in [3.8, 4) is 0 Å². The average molecular weight is 347 g/mol. The first-order valence-corrected chi connectivity index (χ1v) is 7.48. The lowest BCUT2D eigenvalue weighted by molar-refractivity contribution is -0.130. The Bertz CT molecular complexity index is 893. The summed E-state index contributed by atoms with van der Waals surface area (Å²) in [5, 5.41) is 2.35. The molecule has 2 aromatic rings. The Balaban J connectivity index is 1.91. The number of imide groups is 1. The molecule has 3 amide bonds. The van der Waals surface area contributed by atoms with Crippen LogP contribution in [0.5, 0.6) is 0 Å². The van der Waals surface area contributed by atoms with Gasteiger partial charge in [0.15, 0.2) is 5.78 Å². The predicted octanol–water partition coefficient (Wildman–Crippen LogP) is 1.95. The van der Waals surface area contributed by atoms with Gasteiger partial charge in [-0.2, -0.15) is 0 Å². The topological polar surface area (TPSA) is 71.4 Å². The molecule has 1 atom stereocenters. The Morgan fingerprint density at radius 2 is 1.96 bits per heavy atom. The van der Waals surface area contributed by atoms with Crippen LogP contribution in [-0.2, 0) is 17.4 Å². The van der Waals surface area contributed by atoms with Crippen LogP contribution in [0.25, 0.3) is 0 Å². The number of carbonyl (C=O) groups is 3. The zero-order valence-corrected chi connectivity index (χ0v) is 13.5. The fourth-order valence-corrected chi connectivity index (χ4v) is 2.88. The molecule has 1 aliphatic rings. The van der Waals surface area contributed by atoms with E-state index >= 15 is 0 Å².